The molecular weight excluding hydrogens is 308 g/mol. The molecule has 6 nitrogen and oxygen atoms in total. The Hall–Kier alpha value is -1.50. The standard InChI is InChI=1S/C15H22N2O4.ClH/c1-19-12-7-11(8-13(9-12)20-2)17-15(18)14(16)10-3-5-21-6-4-10;/h7-10,14H,3-6,16H2,1-2H3,(H,17,18);1H. The molecule has 1 heterocycles. The summed E-state index contributed by atoms with van der Waals surface area (Å²) in [5.74, 6) is 1.19. The lowest BCUT2D eigenvalue weighted by molar-refractivity contribution is -0.119. The summed E-state index contributed by atoms with van der Waals surface area (Å²) in [5.41, 5.74) is 6.66. The van der Waals surface area contributed by atoms with Crippen LogP contribution in [-0.4, -0.2) is 39.4 Å². The quantitative estimate of drug-likeness (QED) is 0.860. The second-order valence-corrected chi connectivity index (χ2v) is 5.07. The van der Waals surface area contributed by atoms with Crippen molar-refractivity contribution in [3.63, 3.8) is 0 Å². The Labute approximate surface area is 136 Å². The average Bonchev–Trinajstić information content (AvgIpc) is 2.54. The first-order valence-corrected chi connectivity index (χ1v) is 7.01. The average molecular weight is 331 g/mol. The Bertz CT molecular complexity index is 470. The Morgan fingerprint density at radius 3 is 2.27 bits per heavy atom. The maximum atomic E-state index is 12.3. The van der Waals surface area contributed by atoms with Crippen LogP contribution in [0.3, 0.4) is 0 Å². The predicted octanol–water partition coefficient (Wildman–Crippen LogP) is 1.82. The highest BCUT2D eigenvalue weighted by atomic mass is 35.5. The van der Waals surface area contributed by atoms with E-state index in [-0.39, 0.29) is 24.2 Å². The number of hydrogen-bond acceptors (Lipinski definition) is 5. The fraction of sp³-hybridized carbons (Fsp3) is 0.533. The molecule has 1 unspecified atom stereocenters. The molecule has 3 N–H and O–H groups in total. The zero-order chi connectivity index (χ0) is 15.2. The second kappa shape index (κ2) is 8.82. The van der Waals surface area contributed by atoms with E-state index in [0.717, 1.165) is 12.8 Å². The Morgan fingerprint density at radius 1 is 1.23 bits per heavy atom. The summed E-state index contributed by atoms with van der Waals surface area (Å²) >= 11 is 0. The number of amides is 1. The van der Waals surface area contributed by atoms with E-state index < -0.39 is 6.04 Å². The monoisotopic (exact) mass is 330 g/mol. The number of anilines is 1. The highest BCUT2D eigenvalue weighted by Crippen LogP contribution is 2.26. The van der Waals surface area contributed by atoms with Crippen molar-refractivity contribution in [3.05, 3.63) is 18.2 Å². The molecule has 0 saturated carbocycles. The topological polar surface area (TPSA) is 82.8 Å². The van der Waals surface area contributed by atoms with Crippen molar-refractivity contribution >= 4 is 24.0 Å². The van der Waals surface area contributed by atoms with Gasteiger partial charge in [0.05, 0.1) is 20.3 Å². The van der Waals surface area contributed by atoms with E-state index in [4.69, 9.17) is 19.9 Å². The van der Waals surface area contributed by atoms with Gasteiger partial charge in [0.25, 0.3) is 0 Å². The highest BCUT2D eigenvalue weighted by Gasteiger charge is 2.26. The SMILES string of the molecule is COc1cc(NC(=O)C(N)C2CCOCC2)cc(OC)c1.Cl. The number of hydrogen-bond donors (Lipinski definition) is 2. The molecule has 0 aliphatic carbocycles. The summed E-state index contributed by atoms with van der Waals surface area (Å²) in [5, 5.41) is 2.82. The molecule has 1 atom stereocenters. The molecule has 1 amide bonds. The fourth-order valence-electron chi connectivity index (χ4n) is 2.39. The Balaban J connectivity index is 0.00000242. The second-order valence-electron chi connectivity index (χ2n) is 5.07. The molecule has 1 aromatic rings. The minimum Gasteiger partial charge on any atom is -0.497 e. The van der Waals surface area contributed by atoms with Crippen LogP contribution in [0.25, 0.3) is 0 Å². The molecule has 2 rings (SSSR count). The molecular formula is C15H23ClN2O4. The lowest BCUT2D eigenvalue weighted by atomic mass is 9.92. The van der Waals surface area contributed by atoms with E-state index in [1.54, 1.807) is 32.4 Å². The van der Waals surface area contributed by atoms with Gasteiger partial charge in [-0.15, -0.1) is 12.4 Å². The molecule has 1 aromatic carbocycles. The molecule has 0 spiro atoms. The third-order valence-electron chi connectivity index (χ3n) is 3.70. The van der Waals surface area contributed by atoms with Gasteiger partial charge in [-0.2, -0.15) is 0 Å². The van der Waals surface area contributed by atoms with Crippen LogP contribution in [0.5, 0.6) is 11.5 Å². The normalized spacial score (nSPS) is 16.3. The first-order valence-electron chi connectivity index (χ1n) is 7.01. The maximum absolute atomic E-state index is 12.3. The fourth-order valence-corrected chi connectivity index (χ4v) is 2.39. The number of carbonyl (C=O) groups is 1. The van der Waals surface area contributed by atoms with Crippen LogP contribution in [0.15, 0.2) is 18.2 Å². The van der Waals surface area contributed by atoms with E-state index >= 15 is 0 Å². The first kappa shape index (κ1) is 18.5. The van der Waals surface area contributed by atoms with Gasteiger partial charge < -0.3 is 25.3 Å². The van der Waals surface area contributed by atoms with Gasteiger partial charge in [0, 0.05) is 37.1 Å². The van der Waals surface area contributed by atoms with Crippen molar-refractivity contribution < 1.29 is 19.0 Å². The smallest absolute Gasteiger partial charge is 0.241 e. The lowest BCUT2D eigenvalue weighted by Gasteiger charge is -2.26. The molecule has 0 radical (unpaired) electrons. The van der Waals surface area contributed by atoms with Crippen LogP contribution in [0.4, 0.5) is 5.69 Å². The molecule has 1 fully saturated rings. The Morgan fingerprint density at radius 2 is 1.77 bits per heavy atom. The van der Waals surface area contributed by atoms with Gasteiger partial charge in [-0.1, -0.05) is 0 Å². The van der Waals surface area contributed by atoms with E-state index in [9.17, 15) is 4.79 Å². The van der Waals surface area contributed by atoms with Gasteiger partial charge in [0.2, 0.25) is 5.91 Å². The zero-order valence-corrected chi connectivity index (χ0v) is 13.7. The van der Waals surface area contributed by atoms with Crippen LogP contribution >= 0.6 is 12.4 Å². The van der Waals surface area contributed by atoms with Crippen molar-refractivity contribution in [2.24, 2.45) is 11.7 Å². The maximum Gasteiger partial charge on any atom is 0.241 e. The summed E-state index contributed by atoms with van der Waals surface area (Å²) in [6, 6.07) is 4.67. The number of rotatable bonds is 5. The number of carbonyl (C=O) groups excluding carboxylic acids is 1. The van der Waals surface area contributed by atoms with Crippen LogP contribution in [0.2, 0.25) is 0 Å². The minimum atomic E-state index is -0.536. The zero-order valence-electron chi connectivity index (χ0n) is 12.8. The number of methoxy groups -OCH3 is 2. The molecule has 7 heteroatoms. The van der Waals surface area contributed by atoms with Crippen LogP contribution in [0.1, 0.15) is 12.8 Å². The highest BCUT2D eigenvalue weighted by molar-refractivity contribution is 5.95. The van der Waals surface area contributed by atoms with Crippen molar-refractivity contribution in [1.82, 2.24) is 0 Å². The Kier molecular flexibility index (Phi) is 7.44. The predicted molar refractivity (Wildman–Crippen MR) is 86.9 cm³/mol. The molecule has 0 aromatic heterocycles. The molecule has 0 bridgehead atoms. The van der Waals surface area contributed by atoms with Crippen molar-refractivity contribution in [1.29, 1.82) is 0 Å². The van der Waals surface area contributed by atoms with E-state index in [1.807, 2.05) is 0 Å². The third kappa shape index (κ3) is 4.76. The van der Waals surface area contributed by atoms with Crippen LogP contribution in [-0.2, 0) is 9.53 Å². The third-order valence-corrected chi connectivity index (χ3v) is 3.70. The summed E-state index contributed by atoms with van der Waals surface area (Å²) < 4.78 is 15.6. The number of benzene rings is 1. The molecule has 22 heavy (non-hydrogen) atoms. The van der Waals surface area contributed by atoms with E-state index in [0.29, 0.717) is 30.4 Å². The summed E-state index contributed by atoms with van der Waals surface area (Å²) in [6.07, 6.45) is 1.63. The lowest BCUT2D eigenvalue weighted by Crippen LogP contribution is -2.44. The summed E-state index contributed by atoms with van der Waals surface area (Å²) in [6.45, 7) is 1.33. The van der Waals surface area contributed by atoms with Gasteiger partial charge >= 0.3 is 0 Å². The molecule has 1 saturated heterocycles. The largest absolute Gasteiger partial charge is 0.497 e. The van der Waals surface area contributed by atoms with E-state index in [1.165, 1.54) is 0 Å². The van der Waals surface area contributed by atoms with Gasteiger partial charge in [-0.05, 0) is 18.8 Å². The van der Waals surface area contributed by atoms with Crippen LogP contribution < -0.4 is 20.5 Å². The summed E-state index contributed by atoms with van der Waals surface area (Å²) in [4.78, 5) is 12.3. The van der Waals surface area contributed by atoms with Gasteiger partial charge in [0.1, 0.15) is 11.5 Å². The van der Waals surface area contributed by atoms with Gasteiger partial charge in [-0.3, -0.25) is 4.79 Å². The molecule has 124 valence electrons. The van der Waals surface area contributed by atoms with Crippen molar-refractivity contribution in [3.8, 4) is 11.5 Å². The van der Waals surface area contributed by atoms with Gasteiger partial charge in [-0.25, -0.2) is 0 Å². The van der Waals surface area contributed by atoms with Crippen molar-refractivity contribution in [2.45, 2.75) is 18.9 Å². The summed E-state index contributed by atoms with van der Waals surface area (Å²) in [7, 11) is 3.13. The molecule has 1 aliphatic heterocycles. The van der Waals surface area contributed by atoms with Crippen molar-refractivity contribution in [2.75, 3.05) is 32.8 Å². The number of nitrogens with one attached hydrogen (secondary N) is 1. The minimum absolute atomic E-state index is 0. The number of halogens is 1. The van der Waals surface area contributed by atoms with Crippen LogP contribution in [0, 0.1) is 5.92 Å². The number of ether oxygens (including phenoxy) is 3. The van der Waals surface area contributed by atoms with Gasteiger partial charge in [0.15, 0.2) is 0 Å². The molecule has 1 aliphatic rings. The van der Waals surface area contributed by atoms with E-state index in [2.05, 4.69) is 5.32 Å². The first-order chi connectivity index (χ1) is 10.1. The number of nitrogens with two attached hydrogens (primary N) is 1.